The topological polar surface area (TPSA) is 21.7 Å². The van der Waals surface area contributed by atoms with Crippen molar-refractivity contribution in [3.8, 4) is 0 Å². The second-order valence-corrected chi connectivity index (χ2v) is 4.75. The lowest BCUT2D eigenvalue weighted by Gasteiger charge is -2.30. The van der Waals surface area contributed by atoms with E-state index in [1.807, 2.05) is 4.90 Å². The first-order chi connectivity index (χ1) is 9.43. The smallest absolute Gasteiger partial charge is 0.378 e. The Morgan fingerprint density at radius 1 is 1.25 bits per heavy atom. The van der Waals surface area contributed by atoms with Crippen molar-refractivity contribution in [3.05, 3.63) is 29.3 Å². The van der Waals surface area contributed by atoms with E-state index in [-0.39, 0.29) is 5.56 Å². The third-order valence-electron chi connectivity index (χ3n) is 3.51. The van der Waals surface area contributed by atoms with Crippen LogP contribution in [-0.4, -0.2) is 33.4 Å². The summed E-state index contributed by atoms with van der Waals surface area (Å²) in [7, 11) is 1.40. The first kappa shape index (κ1) is 15.1. The molecule has 112 valence electrons. The van der Waals surface area contributed by atoms with Gasteiger partial charge in [-0.05, 0) is 24.6 Å². The molecule has 0 amide bonds. The summed E-state index contributed by atoms with van der Waals surface area (Å²) in [6.07, 6.45) is -4.98. The molecular formula is C14H18F3NO2. The predicted molar refractivity (Wildman–Crippen MR) is 69.9 cm³/mol. The van der Waals surface area contributed by atoms with E-state index in [0.29, 0.717) is 32.0 Å². The Kier molecular flexibility index (Phi) is 4.55. The molecule has 0 aliphatic carbocycles. The molecule has 0 radical (unpaired) electrons. The van der Waals surface area contributed by atoms with Gasteiger partial charge in [0.2, 0.25) is 0 Å². The zero-order valence-electron chi connectivity index (χ0n) is 11.5. The first-order valence-corrected chi connectivity index (χ1v) is 6.50. The number of ether oxygens (including phenoxy) is 2. The Bertz CT molecular complexity index is 456. The highest BCUT2D eigenvalue weighted by molar-refractivity contribution is 5.52. The number of halogens is 3. The summed E-state index contributed by atoms with van der Waals surface area (Å²) >= 11 is 0. The van der Waals surface area contributed by atoms with Gasteiger partial charge in [-0.2, -0.15) is 13.2 Å². The molecule has 1 atom stereocenters. The lowest BCUT2D eigenvalue weighted by molar-refractivity contribution is -0.139. The van der Waals surface area contributed by atoms with E-state index in [2.05, 4.69) is 0 Å². The van der Waals surface area contributed by atoms with Crippen LogP contribution >= 0.6 is 0 Å². The van der Waals surface area contributed by atoms with Crippen molar-refractivity contribution in [2.45, 2.75) is 19.2 Å². The van der Waals surface area contributed by atoms with Crippen molar-refractivity contribution < 1.29 is 22.6 Å². The van der Waals surface area contributed by atoms with Crippen LogP contribution in [0.25, 0.3) is 0 Å². The fraction of sp³-hybridized carbons (Fsp3) is 0.571. The maximum atomic E-state index is 13.2. The predicted octanol–water partition coefficient (Wildman–Crippen LogP) is 3.25. The van der Waals surface area contributed by atoms with Gasteiger partial charge in [-0.25, -0.2) is 0 Å². The molecule has 0 N–H and O–H groups in total. The number of benzene rings is 1. The quantitative estimate of drug-likeness (QED) is 0.852. The molecule has 0 saturated carbocycles. The number of nitrogens with zero attached hydrogens (tertiary/aromatic N) is 1. The van der Waals surface area contributed by atoms with Crippen LogP contribution in [0.4, 0.5) is 18.9 Å². The summed E-state index contributed by atoms with van der Waals surface area (Å²) in [4.78, 5) is 1.90. The zero-order chi connectivity index (χ0) is 14.8. The van der Waals surface area contributed by atoms with Crippen LogP contribution in [0.3, 0.4) is 0 Å². The van der Waals surface area contributed by atoms with Crippen LogP contribution in [0.5, 0.6) is 0 Å². The monoisotopic (exact) mass is 289 g/mol. The summed E-state index contributed by atoms with van der Waals surface area (Å²) in [6.45, 7) is 3.90. The lowest BCUT2D eigenvalue weighted by atomic mass is 10.0. The number of methoxy groups -OCH3 is 1. The summed E-state index contributed by atoms with van der Waals surface area (Å²) in [6, 6.07) is 4.42. The molecule has 1 fully saturated rings. The number of hydrogen-bond acceptors (Lipinski definition) is 3. The van der Waals surface area contributed by atoms with E-state index in [0.717, 1.165) is 0 Å². The molecule has 1 aromatic rings. The van der Waals surface area contributed by atoms with E-state index in [4.69, 9.17) is 9.47 Å². The third-order valence-corrected chi connectivity index (χ3v) is 3.51. The average molecular weight is 289 g/mol. The Morgan fingerprint density at radius 3 is 2.45 bits per heavy atom. The van der Waals surface area contributed by atoms with Crippen LogP contribution in [0, 0.1) is 0 Å². The second kappa shape index (κ2) is 6.01. The second-order valence-electron chi connectivity index (χ2n) is 4.75. The fourth-order valence-electron chi connectivity index (χ4n) is 2.29. The van der Waals surface area contributed by atoms with Gasteiger partial charge in [-0.3, -0.25) is 0 Å². The summed E-state index contributed by atoms with van der Waals surface area (Å²) in [5, 5.41) is 0. The van der Waals surface area contributed by atoms with E-state index in [9.17, 15) is 13.2 Å². The van der Waals surface area contributed by atoms with Crippen LogP contribution in [0.15, 0.2) is 18.2 Å². The molecule has 2 rings (SSSR count). The highest BCUT2D eigenvalue weighted by Crippen LogP contribution is 2.37. The highest BCUT2D eigenvalue weighted by Gasteiger charge is 2.35. The van der Waals surface area contributed by atoms with Gasteiger partial charge >= 0.3 is 6.18 Å². The van der Waals surface area contributed by atoms with Crippen molar-refractivity contribution in [3.63, 3.8) is 0 Å². The first-order valence-electron chi connectivity index (χ1n) is 6.50. The van der Waals surface area contributed by atoms with Gasteiger partial charge in [-0.15, -0.1) is 0 Å². The lowest BCUT2D eigenvalue weighted by Crippen LogP contribution is -2.36. The summed E-state index contributed by atoms with van der Waals surface area (Å²) in [5.74, 6) is 0. The molecule has 1 heterocycles. The van der Waals surface area contributed by atoms with E-state index < -0.39 is 17.8 Å². The largest absolute Gasteiger partial charge is 0.416 e. The number of anilines is 1. The Morgan fingerprint density at radius 2 is 1.90 bits per heavy atom. The molecule has 0 bridgehead atoms. The van der Waals surface area contributed by atoms with Gasteiger partial charge in [0.25, 0.3) is 0 Å². The van der Waals surface area contributed by atoms with Crippen LogP contribution in [-0.2, 0) is 15.7 Å². The maximum Gasteiger partial charge on any atom is 0.416 e. The molecule has 1 unspecified atom stereocenters. The molecule has 1 aromatic carbocycles. The Hall–Kier alpha value is -1.27. The molecule has 6 heteroatoms. The van der Waals surface area contributed by atoms with Crippen LogP contribution < -0.4 is 4.90 Å². The van der Waals surface area contributed by atoms with Gasteiger partial charge in [0.15, 0.2) is 0 Å². The number of morpholine rings is 1. The van der Waals surface area contributed by atoms with Gasteiger partial charge in [0, 0.05) is 25.9 Å². The maximum absolute atomic E-state index is 13.2. The van der Waals surface area contributed by atoms with E-state index in [1.165, 1.54) is 19.2 Å². The molecule has 1 aliphatic rings. The van der Waals surface area contributed by atoms with E-state index >= 15 is 0 Å². The number of hydrogen-bond donors (Lipinski definition) is 0. The molecule has 1 aliphatic heterocycles. The van der Waals surface area contributed by atoms with Gasteiger partial charge in [0.1, 0.15) is 0 Å². The normalized spacial score (nSPS) is 18.1. The van der Waals surface area contributed by atoms with Crippen molar-refractivity contribution in [1.29, 1.82) is 0 Å². The average Bonchev–Trinajstić information content (AvgIpc) is 2.46. The van der Waals surface area contributed by atoms with Crippen molar-refractivity contribution >= 4 is 5.69 Å². The summed E-state index contributed by atoms with van der Waals surface area (Å²) < 4.78 is 49.8. The van der Waals surface area contributed by atoms with Gasteiger partial charge in [-0.1, -0.05) is 6.07 Å². The zero-order valence-corrected chi connectivity index (χ0v) is 11.5. The molecule has 0 spiro atoms. The highest BCUT2D eigenvalue weighted by atomic mass is 19.4. The van der Waals surface area contributed by atoms with Crippen LogP contribution in [0.2, 0.25) is 0 Å². The SMILES string of the molecule is COC(C)c1ccc(N2CCOCC2)cc1C(F)(F)F. The van der Waals surface area contributed by atoms with Gasteiger partial charge in [0.05, 0.1) is 24.9 Å². The Balaban J connectivity index is 2.37. The standard InChI is InChI=1S/C14H18F3NO2/c1-10(19-2)12-4-3-11(9-13(12)14(15,16)17)18-5-7-20-8-6-18/h3-4,9-10H,5-8H2,1-2H3. The minimum atomic E-state index is -4.38. The molecule has 0 aromatic heterocycles. The molecule has 3 nitrogen and oxygen atoms in total. The molecule has 20 heavy (non-hydrogen) atoms. The third kappa shape index (κ3) is 3.24. The minimum absolute atomic E-state index is 0.164. The molecular weight excluding hydrogens is 271 g/mol. The van der Waals surface area contributed by atoms with Crippen molar-refractivity contribution in [2.24, 2.45) is 0 Å². The van der Waals surface area contributed by atoms with Crippen molar-refractivity contribution in [2.75, 3.05) is 38.3 Å². The molecule has 1 saturated heterocycles. The fourth-order valence-corrected chi connectivity index (χ4v) is 2.29. The Labute approximate surface area is 116 Å². The number of alkyl halides is 3. The van der Waals surface area contributed by atoms with Crippen molar-refractivity contribution in [1.82, 2.24) is 0 Å². The number of rotatable bonds is 3. The minimum Gasteiger partial charge on any atom is -0.378 e. The van der Waals surface area contributed by atoms with E-state index in [1.54, 1.807) is 13.0 Å². The summed E-state index contributed by atoms with van der Waals surface area (Å²) in [5.41, 5.74) is 0.112. The van der Waals surface area contributed by atoms with Gasteiger partial charge < -0.3 is 14.4 Å². The van der Waals surface area contributed by atoms with Crippen LogP contribution in [0.1, 0.15) is 24.2 Å².